The van der Waals surface area contributed by atoms with E-state index in [0.29, 0.717) is 0 Å². The minimum Gasteiger partial charge on any atom is -0.481 e. The van der Waals surface area contributed by atoms with Crippen molar-refractivity contribution >= 4 is 5.97 Å². The van der Waals surface area contributed by atoms with E-state index in [2.05, 4.69) is 0 Å². The van der Waals surface area contributed by atoms with Crippen molar-refractivity contribution in [3.8, 4) is 0 Å². The van der Waals surface area contributed by atoms with Crippen LogP contribution in [0.3, 0.4) is 0 Å². The van der Waals surface area contributed by atoms with Gasteiger partial charge < -0.3 is 5.11 Å². The summed E-state index contributed by atoms with van der Waals surface area (Å²) in [7, 11) is 0. The van der Waals surface area contributed by atoms with Crippen molar-refractivity contribution in [3.63, 3.8) is 0 Å². The van der Waals surface area contributed by atoms with E-state index in [-0.39, 0.29) is 12.3 Å². The fourth-order valence-electron chi connectivity index (χ4n) is 1.43. The van der Waals surface area contributed by atoms with Crippen molar-refractivity contribution in [2.24, 2.45) is 0 Å². The highest BCUT2D eigenvalue weighted by molar-refractivity contribution is 5.68. The van der Waals surface area contributed by atoms with Gasteiger partial charge in [0.25, 0.3) is 0 Å². The lowest BCUT2D eigenvalue weighted by molar-refractivity contribution is -0.137. The third-order valence-electron chi connectivity index (χ3n) is 2.18. The second-order valence-corrected chi connectivity index (χ2v) is 3.11. The number of hydrogen-bond acceptors (Lipinski definition) is 1. The van der Waals surface area contributed by atoms with E-state index >= 15 is 0 Å². The molecule has 0 heterocycles. The number of carboxylic acids is 1. The molecule has 84 valence electrons. The second-order valence-electron chi connectivity index (χ2n) is 3.11. The molecule has 0 saturated heterocycles. The zero-order chi connectivity index (χ0) is 11.7. The van der Waals surface area contributed by atoms with E-state index in [4.69, 9.17) is 5.11 Å². The summed E-state index contributed by atoms with van der Waals surface area (Å²) in [5.41, 5.74) is 1.12. The predicted molar refractivity (Wildman–Crippen MR) is 63.1 cm³/mol. The normalized spacial score (nSPS) is 11.1. The van der Waals surface area contributed by atoms with Crippen LogP contribution in [-0.2, 0) is 4.79 Å². The van der Waals surface area contributed by atoms with Gasteiger partial charge in [-0.1, -0.05) is 51.1 Å². The largest absolute Gasteiger partial charge is 0.481 e. The molecule has 15 heavy (non-hydrogen) atoms. The molecule has 1 aromatic carbocycles. The smallest absolute Gasteiger partial charge is 0.303 e. The van der Waals surface area contributed by atoms with Crippen molar-refractivity contribution < 1.29 is 9.90 Å². The van der Waals surface area contributed by atoms with Gasteiger partial charge in [0, 0.05) is 0 Å². The molecule has 0 aliphatic heterocycles. The molecular formula is C13H20O2. The summed E-state index contributed by atoms with van der Waals surface area (Å²) in [4.78, 5) is 10.5. The Labute approximate surface area is 91.9 Å². The lowest BCUT2D eigenvalue weighted by Crippen LogP contribution is -2.05. The van der Waals surface area contributed by atoms with Gasteiger partial charge in [-0.05, 0) is 17.9 Å². The quantitative estimate of drug-likeness (QED) is 0.819. The van der Waals surface area contributed by atoms with Crippen LogP contribution in [0.1, 0.15) is 45.1 Å². The van der Waals surface area contributed by atoms with E-state index in [1.165, 1.54) is 0 Å². The Morgan fingerprint density at radius 1 is 1.27 bits per heavy atom. The Bertz CT molecular complexity index is 267. The first kappa shape index (κ1) is 13.7. The predicted octanol–water partition coefficient (Wildman–Crippen LogP) is 3.68. The molecule has 0 aromatic heterocycles. The molecule has 2 nitrogen and oxygen atoms in total. The third kappa shape index (κ3) is 5.21. The van der Waals surface area contributed by atoms with Gasteiger partial charge in [-0.25, -0.2) is 0 Å². The Morgan fingerprint density at radius 2 is 1.80 bits per heavy atom. The summed E-state index contributed by atoms with van der Waals surface area (Å²) in [6, 6.07) is 9.80. The number of carboxylic acid groups (broad SMARTS) is 1. The van der Waals surface area contributed by atoms with E-state index in [1.54, 1.807) is 0 Å². The fraction of sp³-hybridized carbons (Fsp3) is 0.462. The van der Waals surface area contributed by atoms with Crippen LogP contribution in [0.25, 0.3) is 0 Å². The van der Waals surface area contributed by atoms with Crippen LogP contribution in [0.4, 0.5) is 0 Å². The molecule has 1 N–H and O–H groups in total. The number of carbonyl (C=O) groups is 1. The molecule has 0 saturated carbocycles. The van der Waals surface area contributed by atoms with E-state index in [0.717, 1.165) is 12.0 Å². The lowest BCUT2D eigenvalue weighted by atomic mass is 9.93. The first-order chi connectivity index (χ1) is 7.24. The molecule has 0 radical (unpaired) electrons. The zero-order valence-corrected chi connectivity index (χ0v) is 9.73. The highest BCUT2D eigenvalue weighted by Crippen LogP contribution is 2.22. The summed E-state index contributed by atoms with van der Waals surface area (Å²) >= 11 is 0. The van der Waals surface area contributed by atoms with Crippen molar-refractivity contribution in [1.82, 2.24) is 0 Å². The first-order valence-electron chi connectivity index (χ1n) is 5.50. The minimum atomic E-state index is -0.726. The number of rotatable bonds is 4. The molecule has 1 atom stereocenters. The molecule has 1 rings (SSSR count). The van der Waals surface area contributed by atoms with Crippen LogP contribution in [0.2, 0.25) is 0 Å². The summed E-state index contributed by atoms with van der Waals surface area (Å²) in [6.45, 7) is 6.01. The van der Waals surface area contributed by atoms with Gasteiger partial charge in [-0.3, -0.25) is 4.79 Å². The summed E-state index contributed by atoms with van der Waals surface area (Å²) < 4.78 is 0. The van der Waals surface area contributed by atoms with E-state index in [9.17, 15) is 4.79 Å². The van der Waals surface area contributed by atoms with Gasteiger partial charge in [0.15, 0.2) is 0 Å². The Hall–Kier alpha value is -1.31. The van der Waals surface area contributed by atoms with Crippen LogP contribution >= 0.6 is 0 Å². The maximum Gasteiger partial charge on any atom is 0.303 e. The van der Waals surface area contributed by atoms with Gasteiger partial charge in [-0.15, -0.1) is 0 Å². The van der Waals surface area contributed by atoms with Crippen LogP contribution in [-0.4, -0.2) is 11.1 Å². The highest BCUT2D eigenvalue weighted by Gasteiger charge is 2.12. The summed E-state index contributed by atoms with van der Waals surface area (Å²) in [5, 5.41) is 8.68. The van der Waals surface area contributed by atoms with Crippen LogP contribution < -0.4 is 0 Å². The van der Waals surface area contributed by atoms with Gasteiger partial charge in [-0.2, -0.15) is 0 Å². The SMILES string of the molecule is CC.CCC(CC(=O)O)c1ccccc1. The van der Waals surface area contributed by atoms with Crippen molar-refractivity contribution in [2.45, 2.75) is 39.5 Å². The molecule has 0 spiro atoms. The summed E-state index contributed by atoms with van der Waals surface area (Å²) in [6.07, 6.45) is 1.09. The number of aliphatic carboxylic acids is 1. The standard InChI is InChI=1S/C11H14O2.C2H6/c1-2-9(8-11(12)13)10-6-4-3-5-7-10;1-2/h3-7,9H,2,8H2,1H3,(H,12,13);1-2H3. The average Bonchev–Trinajstić information content (AvgIpc) is 2.29. The third-order valence-corrected chi connectivity index (χ3v) is 2.18. The molecule has 1 unspecified atom stereocenters. The van der Waals surface area contributed by atoms with E-state index in [1.807, 2.05) is 51.1 Å². The lowest BCUT2D eigenvalue weighted by Gasteiger charge is -2.11. The molecule has 0 bridgehead atoms. The van der Waals surface area contributed by atoms with Gasteiger partial charge in [0.1, 0.15) is 0 Å². The highest BCUT2D eigenvalue weighted by atomic mass is 16.4. The Morgan fingerprint density at radius 3 is 2.20 bits per heavy atom. The first-order valence-corrected chi connectivity index (χ1v) is 5.50. The Balaban J connectivity index is 0.000000921. The maximum absolute atomic E-state index is 10.5. The summed E-state index contributed by atoms with van der Waals surface area (Å²) in [5.74, 6) is -0.575. The van der Waals surface area contributed by atoms with Gasteiger partial charge >= 0.3 is 5.97 Å². The van der Waals surface area contributed by atoms with Gasteiger partial charge in [0.2, 0.25) is 0 Å². The topological polar surface area (TPSA) is 37.3 Å². The van der Waals surface area contributed by atoms with Crippen molar-refractivity contribution in [1.29, 1.82) is 0 Å². The molecule has 1 aromatic rings. The maximum atomic E-state index is 10.5. The number of benzene rings is 1. The van der Waals surface area contributed by atoms with Crippen molar-refractivity contribution in [3.05, 3.63) is 35.9 Å². The monoisotopic (exact) mass is 208 g/mol. The average molecular weight is 208 g/mol. The van der Waals surface area contributed by atoms with Crippen LogP contribution in [0.15, 0.2) is 30.3 Å². The second kappa shape index (κ2) is 8.04. The molecular weight excluding hydrogens is 188 g/mol. The minimum absolute atomic E-state index is 0.152. The van der Waals surface area contributed by atoms with Gasteiger partial charge in [0.05, 0.1) is 6.42 Å². The van der Waals surface area contributed by atoms with Crippen molar-refractivity contribution in [2.75, 3.05) is 0 Å². The molecule has 0 aliphatic carbocycles. The van der Waals surface area contributed by atoms with Crippen LogP contribution in [0.5, 0.6) is 0 Å². The zero-order valence-electron chi connectivity index (χ0n) is 9.73. The fourth-order valence-corrected chi connectivity index (χ4v) is 1.43. The van der Waals surface area contributed by atoms with E-state index < -0.39 is 5.97 Å². The molecule has 0 aliphatic rings. The van der Waals surface area contributed by atoms with Crippen LogP contribution in [0, 0.1) is 0 Å². The molecule has 0 fully saturated rings. The number of hydrogen-bond donors (Lipinski definition) is 1. The Kier molecular flexibility index (Phi) is 7.33. The molecule has 2 heteroatoms. The molecule has 0 amide bonds.